The number of hydrogen-bond donors (Lipinski definition) is 1. The lowest BCUT2D eigenvalue weighted by Gasteiger charge is -2.24. The number of benzene rings is 2. The summed E-state index contributed by atoms with van der Waals surface area (Å²) in [5.74, 6) is 1.35. The fourth-order valence-electron chi connectivity index (χ4n) is 2.82. The van der Waals surface area contributed by atoms with Crippen molar-refractivity contribution in [2.45, 2.75) is 13.0 Å². The van der Waals surface area contributed by atoms with Crippen LogP contribution in [0.5, 0.6) is 17.2 Å². The van der Waals surface area contributed by atoms with Crippen LogP contribution in [0, 0.1) is 0 Å². The van der Waals surface area contributed by atoms with Crippen LogP contribution in [0.15, 0.2) is 42.5 Å². The van der Waals surface area contributed by atoms with Gasteiger partial charge >= 0.3 is 0 Å². The van der Waals surface area contributed by atoms with Gasteiger partial charge in [-0.05, 0) is 49.4 Å². The van der Waals surface area contributed by atoms with E-state index in [0.29, 0.717) is 22.9 Å². The largest absolute Gasteiger partial charge is 0.497 e. The standard InChI is InChI=1S/C20H26N2O6S/c1-14(18-12-17(27-3)10-11-19(18)28-4)21-20(23)13-22(29(5,24)25)15-6-8-16(26-2)9-7-15/h6-12,14H,13H2,1-5H3,(H,21,23)/t14-/m0/s1. The zero-order valence-electron chi connectivity index (χ0n) is 17.1. The molecule has 0 saturated heterocycles. The van der Waals surface area contributed by atoms with Crippen molar-refractivity contribution in [2.75, 3.05) is 38.4 Å². The van der Waals surface area contributed by atoms with Gasteiger partial charge in [0.05, 0.1) is 39.3 Å². The molecule has 158 valence electrons. The van der Waals surface area contributed by atoms with Crippen molar-refractivity contribution in [1.82, 2.24) is 5.32 Å². The molecule has 29 heavy (non-hydrogen) atoms. The molecule has 2 aromatic rings. The molecule has 0 aliphatic rings. The van der Waals surface area contributed by atoms with Crippen molar-refractivity contribution in [2.24, 2.45) is 0 Å². The Hall–Kier alpha value is -2.94. The predicted molar refractivity (Wildman–Crippen MR) is 111 cm³/mol. The normalized spacial score (nSPS) is 12.0. The van der Waals surface area contributed by atoms with Gasteiger partial charge in [0.2, 0.25) is 15.9 Å². The predicted octanol–water partition coefficient (Wildman–Crippen LogP) is 2.36. The Morgan fingerprint density at radius 2 is 1.59 bits per heavy atom. The van der Waals surface area contributed by atoms with Gasteiger partial charge in [-0.25, -0.2) is 8.42 Å². The molecule has 0 radical (unpaired) electrons. The van der Waals surface area contributed by atoms with Crippen LogP contribution < -0.4 is 23.8 Å². The van der Waals surface area contributed by atoms with E-state index in [9.17, 15) is 13.2 Å². The summed E-state index contributed by atoms with van der Waals surface area (Å²) in [6, 6.07) is 11.3. The Morgan fingerprint density at radius 3 is 2.10 bits per heavy atom. The van der Waals surface area contributed by atoms with Gasteiger partial charge in [0.25, 0.3) is 0 Å². The second-order valence-electron chi connectivity index (χ2n) is 6.36. The molecule has 2 aromatic carbocycles. The first-order valence-electron chi connectivity index (χ1n) is 8.82. The highest BCUT2D eigenvalue weighted by molar-refractivity contribution is 7.92. The molecule has 1 N–H and O–H groups in total. The third-order valence-corrected chi connectivity index (χ3v) is 5.47. The summed E-state index contributed by atoms with van der Waals surface area (Å²) in [5.41, 5.74) is 1.09. The van der Waals surface area contributed by atoms with Crippen LogP contribution in [0.1, 0.15) is 18.5 Å². The third kappa shape index (κ3) is 5.77. The SMILES string of the molecule is COc1ccc(N(CC(=O)N[C@@H](C)c2cc(OC)ccc2OC)S(C)(=O)=O)cc1. The number of amides is 1. The lowest BCUT2D eigenvalue weighted by molar-refractivity contribution is -0.120. The smallest absolute Gasteiger partial charge is 0.241 e. The number of methoxy groups -OCH3 is 3. The Labute approximate surface area is 171 Å². The number of anilines is 1. The fraction of sp³-hybridized carbons (Fsp3) is 0.350. The van der Waals surface area contributed by atoms with E-state index in [1.807, 2.05) is 0 Å². The third-order valence-electron chi connectivity index (χ3n) is 4.33. The molecular formula is C20H26N2O6S. The summed E-state index contributed by atoms with van der Waals surface area (Å²) >= 11 is 0. The molecule has 0 fully saturated rings. The summed E-state index contributed by atoms with van der Waals surface area (Å²) in [4.78, 5) is 12.6. The first kappa shape index (κ1) is 22.4. The molecule has 2 rings (SSSR count). The Morgan fingerprint density at radius 1 is 1.00 bits per heavy atom. The second kappa shape index (κ2) is 9.51. The molecule has 0 aromatic heterocycles. The van der Waals surface area contributed by atoms with Crippen LogP contribution >= 0.6 is 0 Å². The summed E-state index contributed by atoms with van der Waals surface area (Å²) < 4.78 is 41.2. The van der Waals surface area contributed by atoms with Crippen LogP contribution in [0.2, 0.25) is 0 Å². The molecule has 0 saturated carbocycles. The van der Waals surface area contributed by atoms with Crippen molar-refractivity contribution in [3.63, 3.8) is 0 Å². The van der Waals surface area contributed by atoms with Gasteiger partial charge in [0.1, 0.15) is 23.8 Å². The van der Waals surface area contributed by atoms with Gasteiger partial charge in [-0.2, -0.15) is 0 Å². The molecular weight excluding hydrogens is 396 g/mol. The van der Waals surface area contributed by atoms with E-state index in [-0.39, 0.29) is 6.54 Å². The van der Waals surface area contributed by atoms with Gasteiger partial charge in [0, 0.05) is 5.56 Å². The minimum Gasteiger partial charge on any atom is -0.497 e. The minimum atomic E-state index is -3.67. The van der Waals surface area contributed by atoms with Crippen molar-refractivity contribution >= 4 is 21.6 Å². The quantitative estimate of drug-likeness (QED) is 0.667. The van der Waals surface area contributed by atoms with Gasteiger partial charge in [0.15, 0.2) is 0 Å². The van der Waals surface area contributed by atoms with Crippen molar-refractivity contribution in [1.29, 1.82) is 0 Å². The van der Waals surface area contributed by atoms with E-state index < -0.39 is 22.0 Å². The molecule has 1 atom stereocenters. The Balaban J connectivity index is 2.20. The van der Waals surface area contributed by atoms with Crippen molar-refractivity contribution in [3.05, 3.63) is 48.0 Å². The number of nitrogens with zero attached hydrogens (tertiary/aromatic N) is 1. The molecule has 0 spiro atoms. The monoisotopic (exact) mass is 422 g/mol. The molecule has 0 bridgehead atoms. The van der Waals surface area contributed by atoms with E-state index >= 15 is 0 Å². The molecule has 0 aliphatic carbocycles. The molecule has 8 nitrogen and oxygen atoms in total. The van der Waals surface area contributed by atoms with Crippen LogP contribution in [-0.2, 0) is 14.8 Å². The number of nitrogens with one attached hydrogen (secondary N) is 1. The number of ether oxygens (including phenoxy) is 3. The van der Waals surface area contributed by atoms with Gasteiger partial charge < -0.3 is 19.5 Å². The molecule has 9 heteroatoms. The highest BCUT2D eigenvalue weighted by atomic mass is 32.2. The van der Waals surface area contributed by atoms with E-state index in [4.69, 9.17) is 14.2 Å². The summed E-state index contributed by atoms with van der Waals surface area (Å²) in [5, 5.41) is 2.81. The number of carbonyl (C=O) groups is 1. The highest BCUT2D eigenvalue weighted by Crippen LogP contribution is 2.29. The molecule has 0 aliphatic heterocycles. The highest BCUT2D eigenvalue weighted by Gasteiger charge is 2.23. The molecule has 1 amide bonds. The Kier molecular flexibility index (Phi) is 7.33. The maximum absolute atomic E-state index is 12.6. The number of rotatable bonds is 9. The summed E-state index contributed by atoms with van der Waals surface area (Å²) in [6.07, 6.45) is 1.05. The molecule has 0 heterocycles. The van der Waals surface area contributed by atoms with Gasteiger partial charge in [-0.15, -0.1) is 0 Å². The van der Waals surface area contributed by atoms with E-state index in [0.717, 1.165) is 16.1 Å². The topological polar surface area (TPSA) is 94.2 Å². The maximum Gasteiger partial charge on any atom is 0.241 e. The number of sulfonamides is 1. The zero-order valence-corrected chi connectivity index (χ0v) is 17.9. The van der Waals surface area contributed by atoms with E-state index in [1.165, 1.54) is 14.2 Å². The van der Waals surface area contributed by atoms with Crippen LogP contribution in [0.25, 0.3) is 0 Å². The van der Waals surface area contributed by atoms with Gasteiger partial charge in [-0.1, -0.05) is 0 Å². The average Bonchev–Trinajstić information content (AvgIpc) is 2.70. The number of carbonyl (C=O) groups excluding carboxylic acids is 1. The summed E-state index contributed by atoms with van der Waals surface area (Å²) in [7, 11) is 0.935. The molecule has 0 unspecified atom stereocenters. The van der Waals surface area contributed by atoms with Crippen LogP contribution in [-0.4, -0.2) is 48.5 Å². The fourth-order valence-corrected chi connectivity index (χ4v) is 3.68. The van der Waals surface area contributed by atoms with Gasteiger partial charge in [-0.3, -0.25) is 9.10 Å². The summed E-state index contributed by atoms with van der Waals surface area (Å²) in [6.45, 7) is 1.43. The first-order valence-corrected chi connectivity index (χ1v) is 10.7. The van der Waals surface area contributed by atoms with Crippen molar-refractivity contribution < 1.29 is 27.4 Å². The van der Waals surface area contributed by atoms with Crippen molar-refractivity contribution in [3.8, 4) is 17.2 Å². The average molecular weight is 423 g/mol. The van der Waals surface area contributed by atoms with Crippen LogP contribution in [0.3, 0.4) is 0 Å². The maximum atomic E-state index is 12.6. The number of hydrogen-bond acceptors (Lipinski definition) is 6. The van der Waals surface area contributed by atoms with Crippen LogP contribution in [0.4, 0.5) is 5.69 Å². The minimum absolute atomic E-state index is 0.359. The van der Waals surface area contributed by atoms with E-state index in [2.05, 4.69) is 5.32 Å². The first-order chi connectivity index (χ1) is 13.7. The van der Waals surface area contributed by atoms with E-state index in [1.54, 1.807) is 56.5 Å². The second-order valence-corrected chi connectivity index (χ2v) is 8.27. The lowest BCUT2D eigenvalue weighted by atomic mass is 10.1. The zero-order chi connectivity index (χ0) is 21.6. The lowest BCUT2D eigenvalue weighted by Crippen LogP contribution is -2.41. The Bertz CT molecular complexity index is 944.